The standard InChI is InChI=1S/C19H21NO2/c1-3-13-22-18-11-9-17(10-12-18)19(21)20-14-15(2)16-7-5-4-6-8-16/h3-12,15H,1,13-14H2,2H3,(H,20,21)/t15-/m0/s1. The van der Waals surface area contributed by atoms with Crippen molar-refractivity contribution >= 4 is 5.91 Å². The molecule has 0 spiro atoms. The van der Waals surface area contributed by atoms with Crippen molar-refractivity contribution < 1.29 is 9.53 Å². The van der Waals surface area contributed by atoms with Crippen molar-refractivity contribution in [2.24, 2.45) is 0 Å². The van der Waals surface area contributed by atoms with Gasteiger partial charge in [0, 0.05) is 12.1 Å². The van der Waals surface area contributed by atoms with Crippen LogP contribution < -0.4 is 10.1 Å². The van der Waals surface area contributed by atoms with Crippen LogP contribution in [-0.4, -0.2) is 19.1 Å². The number of hydrogen-bond donors (Lipinski definition) is 1. The van der Waals surface area contributed by atoms with Gasteiger partial charge in [-0.2, -0.15) is 0 Å². The predicted octanol–water partition coefficient (Wildman–Crippen LogP) is 3.78. The molecule has 3 heteroatoms. The summed E-state index contributed by atoms with van der Waals surface area (Å²) in [5, 5.41) is 2.96. The number of carbonyl (C=O) groups excluding carboxylic acids is 1. The van der Waals surface area contributed by atoms with Crippen molar-refractivity contribution in [3.63, 3.8) is 0 Å². The Labute approximate surface area is 131 Å². The number of hydrogen-bond acceptors (Lipinski definition) is 2. The third-order valence-corrected chi connectivity index (χ3v) is 3.42. The topological polar surface area (TPSA) is 38.3 Å². The molecule has 114 valence electrons. The second-order valence-electron chi connectivity index (χ2n) is 5.15. The first-order valence-electron chi connectivity index (χ1n) is 7.37. The van der Waals surface area contributed by atoms with Crippen LogP contribution in [0.4, 0.5) is 0 Å². The third kappa shape index (κ3) is 4.48. The fraction of sp³-hybridized carbons (Fsp3) is 0.211. The Kier molecular flexibility index (Phi) is 5.78. The Hall–Kier alpha value is -2.55. The smallest absolute Gasteiger partial charge is 0.251 e. The zero-order valence-electron chi connectivity index (χ0n) is 12.8. The Morgan fingerprint density at radius 2 is 1.86 bits per heavy atom. The summed E-state index contributed by atoms with van der Waals surface area (Å²) in [7, 11) is 0. The van der Waals surface area contributed by atoms with E-state index in [0.717, 1.165) is 5.75 Å². The van der Waals surface area contributed by atoms with Gasteiger partial charge in [0.15, 0.2) is 0 Å². The highest BCUT2D eigenvalue weighted by Crippen LogP contribution is 2.14. The first-order chi connectivity index (χ1) is 10.7. The highest BCUT2D eigenvalue weighted by atomic mass is 16.5. The first-order valence-corrected chi connectivity index (χ1v) is 7.37. The first kappa shape index (κ1) is 15.8. The summed E-state index contributed by atoms with van der Waals surface area (Å²) in [5.74, 6) is 0.938. The number of rotatable bonds is 7. The number of carbonyl (C=O) groups is 1. The maximum absolute atomic E-state index is 12.1. The van der Waals surface area contributed by atoms with Gasteiger partial charge in [-0.05, 0) is 35.7 Å². The molecule has 0 radical (unpaired) electrons. The van der Waals surface area contributed by atoms with Gasteiger partial charge in [0.25, 0.3) is 5.91 Å². The Balaban J connectivity index is 1.88. The molecule has 0 unspecified atom stereocenters. The van der Waals surface area contributed by atoms with E-state index in [1.54, 1.807) is 30.3 Å². The Morgan fingerprint density at radius 3 is 2.50 bits per heavy atom. The molecule has 0 aromatic heterocycles. The molecule has 1 N–H and O–H groups in total. The van der Waals surface area contributed by atoms with E-state index < -0.39 is 0 Å². The molecule has 0 bridgehead atoms. The van der Waals surface area contributed by atoms with E-state index in [4.69, 9.17) is 4.74 Å². The van der Waals surface area contributed by atoms with Crippen LogP contribution in [0, 0.1) is 0 Å². The molecule has 22 heavy (non-hydrogen) atoms. The van der Waals surface area contributed by atoms with E-state index in [2.05, 4.69) is 31.0 Å². The van der Waals surface area contributed by atoms with Gasteiger partial charge < -0.3 is 10.1 Å². The second-order valence-corrected chi connectivity index (χ2v) is 5.15. The van der Waals surface area contributed by atoms with E-state index in [1.807, 2.05) is 18.2 Å². The molecular weight excluding hydrogens is 274 g/mol. The molecule has 0 aliphatic rings. The summed E-state index contributed by atoms with van der Waals surface area (Å²) < 4.78 is 5.40. The van der Waals surface area contributed by atoms with Crippen LogP contribution >= 0.6 is 0 Å². The lowest BCUT2D eigenvalue weighted by Gasteiger charge is -2.13. The maximum atomic E-state index is 12.1. The molecule has 0 aliphatic heterocycles. The van der Waals surface area contributed by atoms with Gasteiger partial charge in [0.1, 0.15) is 12.4 Å². The normalized spacial score (nSPS) is 11.5. The van der Waals surface area contributed by atoms with E-state index in [-0.39, 0.29) is 11.8 Å². The van der Waals surface area contributed by atoms with Gasteiger partial charge in [-0.25, -0.2) is 0 Å². The van der Waals surface area contributed by atoms with Gasteiger partial charge in [-0.15, -0.1) is 0 Å². The SMILES string of the molecule is C=CCOc1ccc(C(=O)NC[C@H](C)c2ccccc2)cc1. The zero-order chi connectivity index (χ0) is 15.8. The number of ether oxygens (including phenoxy) is 1. The lowest BCUT2D eigenvalue weighted by Crippen LogP contribution is -2.27. The van der Waals surface area contributed by atoms with Gasteiger partial charge >= 0.3 is 0 Å². The molecule has 0 fully saturated rings. The molecule has 2 aromatic carbocycles. The van der Waals surface area contributed by atoms with Gasteiger partial charge in [-0.1, -0.05) is 49.9 Å². The number of nitrogens with one attached hydrogen (secondary N) is 1. The van der Waals surface area contributed by atoms with Crippen LogP contribution in [-0.2, 0) is 0 Å². The minimum absolute atomic E-state index is 0.0712. The molecule has 2 rings (SSSR count). The van der Waals surface area contributed by atoms with Crippen LogP contribution in [0.5, 0.6) is 5.75 Å². The average molecular weight is 295 g/mol. The minimum atomic E-state index is -0.0712. The predicted molar refractivity (Wildman–Crippen MR) is 89.3 cm³/mol. The monoisotopic (exact) mass is 295 g/mol. The van der Waals surface area contributed by atoms with Crippen LogP contribution in [0.3, 0.4) is 0 Å². The quantitative estimate of drug-likeness (QED) is 0.789. The van der Waals surface area contributed by atoms with Gasteiger partial charge in [0.05, 0.1) is 0 Å². The summed E-state index contributed by atoms with van der Waals surface area (Å²) in [6.07, 6.45) is 1.69. The van der Waals surface area contributed by atoms with E-state index in [1.165, 1.54) is 5.56 Å². The maximum Gasteiger partial charge on any atom is 0.251 e. The van der Waals surface area contributed by atoms with Crippen LogP contribution in [0.2, 0.25) is 0 Å². The summed E-state index contributed by atoms with van der Waals surface area (Å²) in [5.41, 5.74) is 1.85. The molecule has 3 nitrogen and oxygen atoms in total. The zero-order valence-corrected chi connectivity index (χ0v) is 12.8. The molecule has 2 aromatic rings. The summed E-state index contributed by atoms with van der Waals surface area (Å²) in [6, 6.07) is 17.3. The lowest BCUT2D eigenvalue weighted by molar-refractivity contribution is 0.0951. The molecular formula is C19H21NO2. The van der Waals surface area contributed by atoms with Crippen LogP contribution in [0.15, 0.2) is 67.3 Å². The molecule has 1 atom stereocenters. The number of amides is 1. The minimum Gasteiger partial charge on any atom is -0.490 e. The largest absolute Gasteiger partial charge is 0.490 e. The third-order valence-electron chi connectivity index (χ3n) is 3.42. The molecule has 1 amide bonds. The lowest BCUT2D eigenvalue weighted by atomic mass is 10.0. The van der Waals surface area contributed by atoms with Gasteiger partial charge in [0.2, 0.25) is 0 Å². The molecule has 0 heterocycles. The van der Waals surface area contributed by atoms with E-state index in [0.29, 0.717) is 18.7 Å². The van der Waals surface area contributed by atoms with Crippen molar-refractivity contribution in [3.8, 4) is 5.75 Å². The number of benzene rings is 2. The van der Waals surface area contributed by atoms with Crippen molar-refractivity contribution in [1.29, 1.82) is 0 Å². The van der Waals surface area contributed by atoms with Crippen molar-refractivity contribution in [3.05, 3.63) is 78.4 Å². The Bertz CT molecular complexity index is 605. The van der Waals surface area contributed by atoms with Crippen molar-refractivity contribution in [1.82, 2.24) is 5.32 Å². The van der Waals surface area contributed by atoms with E-state index >= 15 is 0 Å². The van der Waals surface area contributed by atoms with Crippen molar-refractivity contribution in [2.45, 2.75) is 12.8 Å². The molecule has 0 saturated carbocycles. The fourth-order valence-corrected chi connectivity index (χ4v) is 2.10. The highest BCUT2D eigenvalue weighted by molar-refractivity contribution is 5.94. The van der Waals surface area contributed by atoms with Crippen LogP contribution in [0.25, 0.3) is 0 Å². The summed E-state index contributed by atoms with van der Waals surface area (Å²) in [4.78, 5) is 12.1. The molecule has 0 saturated heterocycles. The van der Waals surface area contributed by atoms with Crippen molar-refractivity contribution in [2.75, 3.05) is 13.2 Å². The Morgan fingerprint density at radius 1 is 1.18 bits per heavy atom. The van der Waals surface area contributed by atoms with Crippen LogP contribution in [0.1, 0.15) is 28.8 Å². The summed E-state index contributed by atoms with van der Waals surface area (Å²) in [6.45, 7) is 6.76. The van der Waals surface area contributed by atoms with E-state index in [9.17, 15) is 4.79 Å². The summed E-state index contributed by atoms with van der Waals surface area (Å²) >= 11 is 0. The van der Waals surface area contributed by atoms with Gasteiger partial charge in [-0.3, -0.25) is 4.79 Å². The highest BCUT2D eigenvalue weighted by Gasteiger charge is 2.09. The molecule has 0 aliphatic carbocycles. The average Bonchev–Trinajstić information content (AvgIpc) is 2.58. The fourth-order valence-electron chi connectivity index (χ4n) is 2.10. The second kappa shape index (κ2) is 8.03.